The molecule has 0 amide bonds. The van der Waals surface area contributed by atoms with E-state index in [-0.39, 0.29) is 12.1 Å². The van der Waals surface area contributed by atoms with E-state index in [1.807, 2.05) is 31.2 Å². The van der Waals surface area contributed by atoms with Gasteiger partial charge in [0.05, 0.1) is 23.8 Å². The third kappa shape index (κ3) is 4.29. The molecule has 1 aromatic carbocycles. The Labute approximate surface area is 145 Å². The highest BCUT2D eigenvalue weighted by atomic mass is 16.5. The fourth-order valence-corrected chi connectivity index (χ4v) is 2.63. The number of aromatic nitrogens is 3. The van der Waals surface area contributed by atoms with Crippen molar-refractivity contribution in [3.63, 3.8) is 0 Å². The zero-order valence-electron chi connectivity index (χ0n) is 14.0. The van der Waals surface area contributed by atoms with E-state index in [0.29, 0.717) is 24.1 Å². The third-order valence-corrected chi connectivity index (χ3v) is 3.83. The molecule has 25 heavy (non-hydrogen) atoms. The average Bonchev–Trinajstić information content (AvgIpc) is 2.61. The monoisotopic (exact) mass is 337 g/mol. The van der Waals surface area contributed by atoms with Gasteiger partial charge >= 0.3 is 5.97 Å². The molecule has 0 N–H and O–H groups in total. The van der Waals surface area contributed by atoms with Gasteiger partial charge in [-0.1, -0.05) is 18.2 Å². The molecular weight excluding hydrogens is 318 g/mol. The van der Waals surface area contributed by atoms with Crippen molar-refractivity contribution in [1.82, 2.24) is 14.5 Å². The minimum Gasteiger partial charge on any atom is -0.464 e. The maximum absolute atomic E-state index is 12.1. The number of rotatable bonds is 6. The van der Waals surface area contributed by atoms with Crippen LogP contribution in [0.4, 0.5) is 0 Å². The molecule has 0 bridgehead atoms. The Morgan fingerprint density at radius 3 is 2.84 bits per heavy atom. The number of benzene rings is 1. The molecule has 0 fully saturated rings. The molecule has 6 nitrogen and oxygen atoms in total. The lowest BCUT2D eigenvalue weighted by Gasteiger charge is -2.09. The maximum atomic E-state index is 12.1. The smallest absolute Gasteiger partial charge is 0.326 e. The highest BCUT2D eigenvalue weighted by Gasteiger charge is 2.09. The van der Waals surface area contributed by atoms with Crippen molar-refractivity contribution >= 4 is 17.0 Å². The first-order valence-electron chi connectivity index (χ1n) is 8.16. The molecule has 2 heterocycles. The lowest BCUT2D eigenvalue weighted by Crippen LogP contribution is -2.26. The number of hydrogen-bond donors (Lipinski definition) is 0. The van der Waals surface area contributed by atoms with E-state index < -0.39 is 5.97 Å². The molecule has 0 radical (unpaired) electrons. The number of fused-ring (bicyclic) bond motifs is 1. The van der Waals surface area contributed by atoms with Gasteiger partial charge < -0.3 is 4.74 Å². The summed E-state index contributed by atoms with van der Waals surface area (Å²) in [7, 11) is 0. The van der Waals surface area contributed by atoms with Crippen LogP contribution in [0.2, 0.25) is 0 Å². The Bertz CT molecular complexity index is 950. The molecule has 6 heteroatoms. The highest BCUT2D eigenvalue weighted by Crippen LogP contribution is 2.08. The molecule has 0 atom stereocenters. The van der Waals surface area contributed by atoms with Gasteiger partial charge in [-0.05, 0) is 44.0 Å². The Morgan fingerprint density at radius 1 is 1.16 bits per heavy atom. The summed E-state index contributed by atoms with van der Waals surface area (Å²) < 4.78 is 6.64. The van der Waals surface area contributed by atoms with Gasteiger partial charge in [0.25, 0.3) is 5.56 Å². The van der Waals surface area contributed by atoms with E-state index in [9.17, 15) is 9.59 Å². The normalized spacial score (nSPS) is 10.8. The van der Waals surface area contributed by atoms with Crippen molar-refractivity contribution in [1.29, 1.82) is 0 Å². The van der Waals surface area contributed by atoms with Gasteiger partial charge in [-0.15, -0.1) is 0 Å². The molecule has 2 aromatic heterocycles. The van der Waals surface area contributed by atoms with E-state index >= 15 is 0 Å². The predicted octanol–water partition coefficient (Wildman–Crippen LogP) is 2.28. The number of carbonyl (C=O) groups excluding carboxylic acids is 1. The quantitative estimate of drug-likeness (QED) is 0.509. The topological polar surface area (TPSA) is 74.1 Å². The minimum absolute atomic E-state index is 0.120. The Morgan fingerprint density at radius 2 is 2.00 bits per heavy atom. The predicted molar refractivity (Wildman–Crippen MR) is 94.3 cm³/mol. The van der Waals surface area contributed by atoms with Crippen molar-refractivity contribution in [3.8, 4) is 0 Å². The molecule has 0 aliphatic rings. The molecule has 128 valence electrons. The Kier molecular flexibility index (Phi) is 5.18. The zero-order chi connectivity index (χ0) is 17.6. The summed E-state index contributed by atoms with van der Waals surface area (Å²) in [4.78, 5) is 32.5. The summed E-state index contributed by atoms with van der Waals surface area (Å²) in [6.07, 6.45) is 2.65. The number of esters is 1. The summed E-state index contributed by atoms with van der Waals surface area (Å²) in [5.74, 6) is -0.435. The van der Waals surface area contributed by atoms with Gasteiger partial charge in [-0.3, -0.25) is 19.1 Å². The number of pyridine rings is 1. The van der Waals surface area contributed by atoms with Crippen LogP contribution in [-0.4, -0.2) is 27.1 Å². The third-order valence-electron chi connectivity index (χ3n) is 3.83. The Balaban J connectivity index is 1.56. The van der Waals surface area contributed by atoms with Crippen LogP contribution in [0.5, 0.6) is 0 Å². The lowest BCUT2D eigenvalue weighted by atomic mass is 10.2. The molecule has 3 rings (SSSR count). The fourth-order valence-electron chi connectivity index (χ4n) is 2.63. The fraction of sp³-hybridized carbons (Fsp3) is 0.263. The van der Waals surface area contributed by atoms with Crippen molar-refractivity contribution in [2.45, 2.75) is 26.3 Å². The second kappa shape index (κ2) is 7.70. The molecule has 0 unspecified atom stereocenters. The number of hydrogen-bond acceptors (Lipinski definition) is 5. The molecule has 0 spiro atoms. The summed E-state index contributed by atoms with van der Waals surface area (Å²) in [6, 6.07) is 13.1. The summed E-state index contributed by atoms with van der Waals surface area (Å²) >= 11 is 0. The van der Waals surface area contributed by atoms with Crippen LogP contribution in [0.3, 0.4) is 0 Å². The molecule has 0 aliphatic carbocycles. The summed E-state index contributed by atoms with van der Waals surface area (Å²) in [5, 5.41) is 0. The maximum Gasteiger partial charge on any atom is 0.326 e. The van der Waals surface area contributed by atoms with Crippen LogP contribution in [0, 0.1) is 6.92 Å². The second-order valence-corrected chi connectivity index (χ2v) is 5.77. The number of aryl methyl sites for hydroxylation is 2. The second-order valence-electron chi connectivity index (χ2n) is 5.77. The standard InChI is InChI=1S/C19H19N3O3/c1-14-6-4-7-15(21-14)8-5-11-25-19(24)13-22-17-10-3-2-9-16(17)20-12-18(22)23/h2-4,6-7,9-10,12H,5,8,11,13H2,1H3. The van der Waals surface area contributed by atoms with Gasteiger partial charge in [0.2, 0.25) is 0 Å². The SMILES string of the molecule is Cc1cccc(CCCOC(=O)Cn2c(=O)cnc3ccccc32)n1. The van der Waals surface area contributed by atoms with Crippen LogP contribution < -0.4 is 5.56 Å². The van der Waals surface area contributed by atoms with Crippen LogP contribution in [-0.2, 0) is 22.5 Å². The first-order valence-corrected chi connectivity index (χ1v) is 8.16. The largest absolute Gasteiger partial charge is 0.464 e. The molecule has 0 saturated carbocycles. The average molecular weight is 337 g/mol. The van der Waals surface area contributed by atoms with Gasteiger partial charge in [0.15, 0.2) is 0 Å². The van der Waals surface area contributed by atoms with E-state index in [0.717, 1.165) is 17.8 Å². The van der Waals surface area contributed by atoms with Gasteiger partial charge in [0, 0.05) is 11.4 Å². The van der Waals surface area contributed by atoms with Crippen LogP contribution >= 0.6 is 0 Å². The van der Waals surface area contributed by atoms with E-state index in [1.165, 1.54) is 10.8 Å². The first-order chi connectivity index (χ1) is 12.1. The zero-order valence-corrected chi connectivity index (χ0v) is 14.0. The van der Waals surface area contributed by atoms with Crippen LogP contribution in [0.15, 0.2) is 53.5 Å². The van der Waals surface area contributed by atoms with Gasteiger partial charge in [0.1, 0.15) is 6.54 Å². The van der Waals surface area contributed by atoms with Crippen molar-refractivity contribution in [2.24, 2.45) is 0 Å². The van der Waals surface area contributed by atoms with E-state index in [2.05, 4.69) is 9.97 Å². The molecule has 3 aromatic rings. The van der Waals surface area contributed by atoms with Crippen LogP contribution in [0.25, 0.3) is 11.0 Å². The summed E-state index contributed by atoms with van der Waals surface area (Å²) in [5.41, 5.74) is 2.92. The molecule has 0 saturated heterocycles. The van der Waals surface area contributed by atoms with Crippen molar-refractivity contribution in [3.05, 3.63) is 70.4 Å². The number of carbonyl (C=O) groups is 1. The van der Waals surface area contributed by atoms with Crippen LogP contribution in [0.1, 0.15) is 17.8 Å². The van der Waals surface area contributed by atoms with E-state index in [1.54, 1.807) is 18.2 Å². The minimum atomic E-state index is -0.435. The highest BCUT2D eigenvalue weighted by molar-refractivity contribution is 5.77. The molecule has 0 aliphatic heterocycles. The first kappa shape index (κ1) is 16.8. The lowest BCUT2D eigenvalue weighted by molar-refractivity contribution is -0.144. The van der Waals surface area contributed by atoms with Crippen molar-refractivity contribution in [2.75, 3.05) is 6.61 Å². The summed E-state index contributed by atoms with van der Waals surface area (Å²) in [6.45, 7) is 2.12. The number of ether oxygens (including phenoxy) is 1. The number of nitrogens with zero attached hydrogens (tertiary/aromatic N) is 3. The molecular formula is C19H19N3O3. The number of para-hydroxylation sites is 2. The Hall–Kier alpha value is -3.02. The van der Waals surface area contributed by atoms with E-state index in [4.69, 9.17) is 4.74 Å². The van der Waals surface area contributed by atoms with Crippen molar-refractivity contribution < 1.29 is 9.53 Å². The van der Waals surface area contributed by atoms with Gasteiger partial charge in [-0.2, -0.15) is 0 Å². The van der Waals surface area contributed by atoms with Gasteiger partial charge in [-0.25, -0.2) is 4.98 Å².